The fourth-order valence-electron chi connectivity index (χ4n) is 3.24. The first-order valence-corrected chi connectivity index (χ1v) is 10.1. The Morgan fingerprint density at radius 2 is 2.11 bits per heavy atom. The van der Waals surface area contributed by atoms with Gasteiger partial charge in [0.2, 0.25) is 5.88 Å². The van der Waals surface area contributed by atoms with Crippen LogP contribution in [0, 0.1) is 0 Å². The Morgan fingerprint density at radius 1 is 1.29 bits per heavy atom. The second kappa shape index (κ2) is 10.2. The molecule has 3 rings (SSSR count). The molecule has 1 saturated heterocycles. The molecule has 2 aromatic rings. The number of guanidine groups is 1. The zero-order valence-electron chi connectivity index (χ0n) is 16.5. The maximum atomic E-state index is 6.04. The van der Waals surface area contributed by atoms with Gasteiger partial charge < -0.3 is 20.3 Å². The highest BCUT2D eigenvalue weighted by atomic mass is 35.5. The monoisotopic (exact) mass is 401 g/mol. The van der Waals surface area contributed by atoms with E-state index in [2.05, 4.69) is 56.7 Å². The number of nitrogens with zero attached hydrogens (tertiary/aromatic N) is 3. The standard InChI is InChI=1S/C21H28ClN5O/c1-16(17-7-5-8-18(15-17)27-12-3-4-13-27)26-21(23-2)25-11-14-28-20-19(22)9-6-10-24-20/h5-10,15-16H,3-4,11-14H2,1-2H3,(H2,23,25,26). The quantitative estimate of drug-likeness (QED) is 0.421. The van der Waals surface area contributed by atoms with E-state index in [1.807, 2.05) is 0 Å². The average molecular weight is 402 g/mol. The van der Waals surface area contributed by atoms with Crippen molar-refractivity contribution in [3.8, 4) is 5.88 Å². The summed E-state index contributed by atoms with van der Waals surface area (Å²) in [6, 6.07) is 12.4. The van der Waals surface area contributed by atoms with E-state index in [1.165, 1.54) is 24.1 Å². The Balaban J connectivity index is 1.49. The van der Waals surface area contributed by atoms with Crippen LogP contribution in [-0.2, 0) is 0 Å². The van der Waals surface area contributed by atoms with E-state index in [1.54, 1.807) is 25.4 Å². The number of nitrogens with one attached hydrogen (secondary N) is 2. The molecule has 2 N–H and O–H groups in total. The number of aromatic nitrogens is 1. The fraction of sp³-hybridized carbons (Fsp3) is 0.429. The summed E-state index contributed by atoms with van der Waals surface area (Å²) >= 11 is 6.04. The molecule has 0 aliphatic carbocycles. The highest BCUT2D eigenvalue weighted by Crippen LogP contribution is 2.24. The van der Waals surface area contributed by atoms with Gasteiger partial charge in [-0.25, -0.2) is 4.98 Å². The minimum absolute atomic E-state index is 0.139. The maximum Gasteiger partial charge on any atom is 0.232 e. The molecule has 1 fully saturated rings. The first kappa shape index (κ1) is 20.3. The van der Waals surface area contributed by atoms with Crippen molar-refractivity contribution in [3.63, 3.8) is 0 Å². The molecular weight excluding hydrogens is 374 g/mol. The fourth-order valence-corrected chi connectivity index (χ4v) is 3.42. The molecule has 0 saturated carbocycles. The van der Waals surface area contributed by atoms with Crippen LogP contribution in [0.1, 0.15) is 31.4 Å². The van der Waals surface area contributed by atoms with Crippen molar-refractivity contribution >= 4 is 23.2 Å². The Bertz CT molecular complexity index is 792. The highest BCUT2D eigenvalue weighted by molar-refractivity contribution is 6.31. The summed E-state index contributed by atoms with van der Waals surface area (Å²) < 4.78 is 5.60. The maximum absolute atomic E-state index is 6.04. The summed E-state index contributed by atoms with van der Waals surface area (Å²) in [6.07, 6.45) is 4.22. The van der Waals surface area contributed by atoms with Gasteiger partial charge in [-0.3, -0.25) is 4.99 Å². The number of hydrogen-bond acceptors (Lipinski definition) is 4. The number of halogens is 1. The van der Waals surface area contributed by atoms with Crippen LogP contribution >= 0.6 is 11.6 Å². The van der Waals surface area contributed by atoms with Gasteiger partial charge in [0.05, 0.1) is 12.6 Å². The van der Waals surface area contributed by atoms with Crippen LogP contribution in [0.2, 0.25) is 5.02 Å². The number of hydrogen-bond donors (Lipinski definition) is 2. The van der Waals surface area contributed by atoms with E-state index >= 15 is 0 Å². The number of aliphatic imine (C=N–C) groups is 1. The Hall–Kier alpha value is -2.47. The largest absolute Gasteiger partial charge is 0.475 e. The molecule has 0 amide bonds. The molecule has 1 atom stereocenters. The summed E-state index contributed by atoms with van der Waals surface area (Å²) in [4.78, 5) is 10.9. The van der Waals surface area contributed by atoms with Gasteiger partial charge in [-0.2, -0.15) is 0 Å². The molecule has 0 radical (unpaired) electrons. The smallest absolute Gasteiger partial charge is 0.232 e. The lowest BCUT2D eigenvalue weighted by Crippen LogP contribution is -2.40. The molecule has 1 aromatic heterocycles. The van der Waals surface area contributed by atoms with Crippen molar-refractivity contribution < 1.29 is 4.74 Å². The first-order valence-electron chi connectivity index (χ1n) is 9.73. The molecule has 150 valence electrons. The predicted molar refractivity (Wildman–Crippen MR) is 116 cm³/mol. The van der Waals surface area contributed by atoms with Gasteiger partial charge in [-0.1, -0.05) is 23.7 Å². The van der Waals surface area contributed by atoms with Gasteiger partial charge in [0.15, 0.2) is 5.96 Å². The van der Waals surface area contributed by atoms with Crippen molar-refractivity contribution in [2.75, 3.05) is 38.2 Å². The average Bonchev–Trinajstić information content (AvgIpc) is 3.26. The van der Waals surface area contributed by atoms with E-state index < -0.39 is 0 Å². The van der Waals surface area contributed by atoms with Gasteiger partial charge in [-0.05, 0) is 49.6 Å². The molecule has 28 heavy (non-hydrogen) atoms. The van der Waals surface area contributed by atoms with E-state index in [0.29, 0.717) is 24.1 Å². The summed E-state index contributed by atoms with van der Waals surface area (Å²) in [7, 11) is 1.76. The molecule has 1 aromatic carbocycles. The third-order valence-electron chi connectivity index (χ3n) is 4.78. The van der Waals surface area contributed by atoms with Gasteiger partial charge in [-0.15, -0.1) is 0 Å². The van der Waals surface area contributed by atoms with Crippen LogP contribution < -0.4 is 20.3 Å². The van der Waals surface area contributed by atoms with E-state index in [4.69, 9.17) is 16.3 Å². The molecule has 2 heterocycles. The molecule has 1 aliphatic rings. The molecule has 1 unspecified atom stereocenters. The van der Waals surface area contributed by atoms with Crippen LogP contribution in [-0.4, -0.2) is 44.2 Å². The van der Waals surface area contributed by atoms with Crippen molar-refractivity contribution in [3.05, 3.63) is 53.2 Å². The second-order valence-electron chi connectivity index (χ2n) is 6.79. The third-order valence-corrected chi connectivity index (χ3v) is 5.06. The van der Waals surface area contributed by atoms with Gasteiger partial charge in [0.25, 0.3) is 0 Å². The topological polar surface area (TPSA) is 61.8 Å². The zero-order valence-corrected chi connectivity index (χ0v) is 17.2. The van der Waals surface area contributed by atoms with Crippen LogP contribution in [0.15, 0.2) is 47.6 Å². The van der Waals surface area contributed by atoms with Crippen molar-refractivity contribution in [1.82, 2.24) is 15.6 Å². The molecular formula is C21H28ClN5O. The summed E-state index contributed by atoms with van der Waals surface area (Å²) in [6.45, 7) is 5.47. The Morgan fingerprint density at radius 3 is 2.86 bits per heavy atom. The minimum atomic E-state index is 0.139. The van der Waals surface area contributed by atoms with Crippen molar-refractivity contribution in [1.29, 1.82) is 0 Å². The molecule has 0 spiro atoms. The lowest BCUT2D eigenvalue weighted by Gasteiger charge is -2.22. The molecule has 1 aliphatic heterocycles. The van der Waals surface area contributed by atoms with Crippen molar-refractivity contribution in [2.24, 2.45) is 4.99 Å². The van der Waals surface area contributed by atoms with Crippen LogP contribution in [0.4, 0.5) is 5.69 Å². The van der Waals surface area contributed by atoms with Gasteiger partial charge >= 0.3 is 0 Å². The molecule has 6 nitrogen and oxygen atoms in total. The van der Waals surface area contributed by atoms with Gasteiger partial charge in [0, 0.05) is 32.0 Å². The number of anilines is 1. The highest BCUT2D eigenvalue weighted by Gasteiger charge is 2.14. The Kier molecular flexibility index (Phi) is 7.37. The van der Waals surface area contributed by atoms with Crippen LogP contribution in [0.5, 0.6) is 5.88 Å². The van der Waals surface area contributed by atoms with Gasteiger partial charge in [0.1, 0.15) is 11.6 Å². The molecule has 0 bridgehead atoms. The van der Waals surface area contributed by atoms with E-state index in [-0.39, 0.29) is 6.04 Å². The normalized spacial score (nSPS) is 15.4. The van der Waals surface area contributed by atoms with Crippen molar-refractivity contribution in [2.45, 2.75) is 25.8 Å². The lowest BCUT2D eigenvalue weighted by molar-refractivity contribution is 0.310. The lowest BCUT2D eigenvalue weighted by atomic mass is 10.1. The summed E-state index contributed by atoms with van der Waals surface area (Å²) in [5.74, 6) is 1.18. The zero-order chi connectivity index (χ0) is 19.8. The number of pyridine rings is 1. The van der Waals surface area contributed by atoms with Crippen LogP contribution in [0.3, 0.4) is 0 Å². The Labute approximate surface area is 172 Å². The third kappa shape index (κ3) is 5.52. The number of rotatable bonds is 7. The summed E-state index contributed by atoms with van der Waals surface area (Å²) in [5, 5.41) is 7.21. The number of ether oxygens (including phenoxy) is 1. The first-order chi connectivity index (χ1) is 13.7. The predicted octanol–water partition coefficient (Wildman–Crippen LogP) is 3.64. The second-order valence-corrected chi connectivity index (χ2v) is 7.20. The molecule has 7 heteroatoms. The van der Waals surface area contributed by atoms with E-state index in [0.717, 1.165) is 19.0 Å². The summed E-state index contributed by atoms with van der Waals surface area (Å²) in [5.41, 5.74) is 2.54. The van der Waals surface area contributed by atoms with Crippen LogP contribution in [0.25, 0.3) is 0 Å². The number of benzene rings is 1. The van der Waals surface area contributed by atoms with E-state index in [9.17, 15) is 0 Å². The SMILES string of the molecule is CN=C(NCCOc1ncccc1Cl)NC(C)c1cccc(N2CCCC2)c1. The minimum Gasteiger partial charge on any atom is -0.475 e.